The molecule has 1 aliphatic carbocycles. The van der Waals surface area contributed by atoms with Gasteiger partial charge in [0.2, 0.25) is 5.91 Å². The number of hydrogen-bond acceptors (Lipinski definition) is 2. The maximum absolute atomic E-state index is 11.6. The van der Waals surface area contributed by atoms with E-state index in [0.29, 0.717) is 13.1 Å². The average Bonchev–Trinajstić information content (AvgIpc) is 2.24. The zero-order chi connectivity index (χ0) is 13.0. The lowest BCUT2D eigenvalue weighted by Crippen LogP contribution is -2.35. The first-order valence-corrected chi connectivity index (χ1v) is 6.61. The van der Waals surface area contributed by atoms with Crippen LogP contribution in [-0.4, -0.2) is 17.0 Å². The van der Waals surface area contributed by atoms with Gasteiger partial charge >= 0.3 is 0 Å². The highest BCUT2D eigenvalue weighted by Gasteiger charge is 2.24. The van der Waals surface area contributed by atoms with E-state index in [1.807, 2.05) is 19.2 Å². The molecule has 0 aromatic carbocycles. The van der Waals surface area contributed by atoms with Gasteiger partial charge in [-0.25, -0.2) is 0 Å². The minimum absolute atomic E-state index is 0.0281. The fraction of sp³-hybridized carbons (Fsp3) is 0.571. The molecule has 18 heavy (non-hydrogen) atoms. The van der Waals surface area contributed by atoms with Crippen LogP contribution in [0.1, 0.15) is 31.2 Å². The molecule has 0 unspecified atom stereocenters. The van der Waals surface area contributed by atoms with Crippen LogP contribution < -0.4 is 10.9 Å². The lowest BCUT2D eigenvalue weighted by molar-refractivity contribution is -0.127. The van der Waals surface area contributed by atoms with Gasteiger partial charge in [-0.05, 0) is 37.8 Å². The molecule has 4 heteroatoms. The van der Waals surface area contributed by atoms with E-state index in [0.717, 1.165) is 24.8 Å². The van der Waals surface area contributed by atoms with Crippen molar-refractivity contribution in [1.29, 1.82) is 0 Å². The van der Waals surface area contributed by atoms with E-state index in [-0.39, 0.29) is 17.4 Å². The second-order valence-corrected chi connectivity index (χ2v) is 5.01. The Balaban J connectivity index is 1.71. The SMILES string of the molecule is Cc1ccn(CCCNC(=O)C2CCC2)c(=O)c1. The molecule has 1 amide bonds. The number of rotatable bonds is 5. The molecule has 1 fully saturated rings. The standard InChI is InChI=1S/C14H20N2O2/c1-11-6-9-16(13(17)10-11)8-3-7-15-14(18)12-4-2-5-12/h6,9-10,12H,2-5,7-8H2,1H3,(H,15,18). The fourth-order valence-corrected chi connectivity index (χ4v) is 2.07. The Morgan fingerprint density at radius 1 is 1.50 bits per heavy atom. The van der Waals surface area contributed by atoms with Crippen LogP contribution in [0.2, 0.25) is 0 Å². The largest absolute Gasteiger partial charge is 0.356 e. The number of aromatic nitrogens is 1. The third kappa shape index (κ3) is 3.22. The molecule has 0 radical (unpaired) electrons. The van der Waals surface area contributed by atoms with E-state index >= 15 is 0 Å². The zero-order valence-electron chi connectivity index (χ0n) is 10.8. The van der Waals surface area contributed by atoms with Gasteiger partial charge in [0.15, 0.2) is 0 Å². The maximum atomic E-state index is 11.6. The van der Waals surface area contributed by atoms with Crippen LogP contribution in [0.25, 0.3) is 0 Å². The van der Waals surface area contributed by atoms with Gasteiger partial charge < -0.3 is 9.88 Å². The first-order valence-electron chi connectivity index (χ1n) is 6.61. The van der Waals surface area contributed by atoms with Crippen LogP contribution in [0.4, 0.5) is 0 Å². The van der Waals surface area contributed by atoms with E-state index in [1.54, 1.807) is 10.6 Å². The highest BCUT2D eigenvalue weighted by atomic mass is 16.2. The van der Waals surface area contributed by atoms with Crippen molar-refractivity contribution < 1.29 is 4.79 Å². The van der Waals surface area contributed by atoms with Gasteiger partial charge in [0.25, 0.3) is 5.56 Å². The fourth-order valence-electron chi connectivity index (χ4n) is 2.07. The highest BCUT2D eigenvalue weighted by molar-refractivity contribution is 5.79. The van der Waals surface area contributed by atoms with Crippen molar-refractivity contribution in [1.82, 2.24) is 9.88 Å². The topological polar surface area (TPSA) is 51.1 Å². The Labute approximate surface area is 107 Å². The zero-order valence-corrected chi connectivity index (χ0v) is 10.8. The minimum Gasteiger partial charge on any atom is -0.356 e. The lowest BCUT2D eigenvalue weighted by Gasteiger charge is -2.24. The Hall–Kier alpha value is -1.58. The summed E-state index contributed by atoms with van der Waals surface area (Å²) in [5, 5.41) is 2.93. The molecule has 2 rings (SSSR count). The van der Waals surface area contributed by atoms with E-state index in [9.17, 15) is 9.59 Å². The smallest absolute Gasteiger partial charge is 0.250 e. The molecule has 98 valence electrons. The molecule has 0 aliphatic heterocycles. The average molecular weight is 248 g/mol. The first kappa shape index (κ1) is 12.9. The Morgan fingerprint density at radius 3 is 2.89 bits per heavy atom. The van der Waals surface area contributed by atoms with Gasteiger partial charge in [-0.2, -0.15) is 0 Å². The molecule has 1 aromatic rings. The van der Waals surface area contributed by atoms with Crippen molar-refractivity contribution in [3.63, 3.8) is 0 Å². The molecule has 0 bridgehead atoms. The third-order valence-electron chi connectivity index (χ3n) is 3.50. The number of nitrogens with one attached hydrogen (secondary N) is 1. The predicted octanol–water partition coefficient (Wildman–Crippen LogP) is 1.46. The number of aryl methyl sites for hydroxylation is 2. The Kier molecular flexibility index (Phi) is 4.18. The van der Waals surface area contributed by atoms with Gasteiger partial charge in [-0.15, -0.1) is 0 Å². The summed E-state index contributed by atoms with van der Waals surface area (Å²) in [6.45, 7) is 3.21. The van der Waals surface area contributed by atoms with Crippen LogP contribution in [0.3, 0.4) is 0 Å². The first-order chi connectivity index (χ1) is 8.66. The van der Waals surface area contributed by atoms with Crippen molar-refractivity contribution >= 4 is 5.91 Å². The van der Waals surface area contributed by atoms with Crippen LogP contribution in [0, 0.1) is 12.8 Å². The molecule has 1 N–H and O–H groups in total. The number of carbonyl (C=O) groups is 1. The summed E-state index contributed by atoms with van der Waals surface area (Å²) in [5.74, 6) is 0.421. The van der Waals surface area contributed by atoms with Gasteiger partial charge in [0, 0.05) is 31.3 Å². The summed E-state index contributed by atoms with van der Waals surface area (Å²) in [4.78, 5) is 23.2. The number of pyridine rings is 1. The van der Waals surface area contributed by atoms with Crippen LogP contribution in [-0.2, 0) is 11.3 Å². The van der Waals surface area contributed by atoms with Crippen molar-refractivity contribution in [2.24, 2.45) is 5.92 Å². The van der Waals surface area contributed by atoms with E-state index in [4.69, 9.17) is 0 Å². The van der Waals surface area contributed by atoms with Gasteiger partial charge in [0.1, 0.15) is 0 Å². The number of amides is 1. The van der Waals surface area contributed by atoms with Crippen molar-refractivity contribution in [3.05, 3.63) is 34.2 Å². The van der Waals surface area contributed by atoms with Crippen molar-refractivity contribution in [3.8, 4) is 0 Å². The number of hydrogen-bond donors (Lipinski definition) is 1. The van der Waals surface area contributed by atoms with Crippen LogP contribution >= 0.6 is 0 Å². The van der Waals surface area contributed by atoms with Crippen LogP contribution in [0.15, 0.2) is 23.1 Å². The summed E-state index contributed by atoms with van der Waals surface area (Å²) in [7, 11) is 0. The summed E-state index contributed by atoms with van der Waals surface area (Å²) in [5.41, 5.74) is 1.01. The third-order valence-corrected chi connectivity index (χ3v) is 3.50. The molecular formula is C14H20N2O2. The predicted molar refractivity (Wildman–Crippen MR) is 70.4 cm³/mol. The molecular weight excluding hydrogens is 228 g/mol. The minimum atomic E-state index is 0.0281. The molecule has 0 spiro atoms. The summed E-state index contributed by atoms with van der Waals surface area (Å²) in [6, 6.07) is 3.56. The summed E-state index contributed by atoms with van der Waals surface area (Å²) in [6.07, 6.45) is 5.84. The Morgan fingerprint density at radius 2 is 2.28 bits per heavy atom. The highest BCUT2D eigenvalue weighted by Crippen LogP contribution is 2.25. The molecule has 1 heterocycles. The second-order valence-electron chi connectivity index (χ2n) is 5.01. The quantitative estimate of drug-likeness (QED) is 0.802. The molecule has 0 saturated heterocycles. The second kappa shape index (κ2) is 5.85. The van der Waals surface area contributed by atoms with Crippen LogP contribution in [0.5, 0.6) is 0 Å². The molecule has 1 saturated carbocycles. The lowest BCUT2D eigenvalue weighted by atomic mass is 9.85. The van der Waals surface area contributed by atoms with E-state index in [1.165, 1.54) is 6.42 Å². The summed E-state index contributed by atoms with van der Waals surface area (Å²) < 4.78 is 1.68. The Bertz CT molecular complexity index is 475. The molecule has 1 aliphatic rings. The number of nitrogens with zero attached hydrogens (tertiary/aromatic N) is 1. The monoisotopic (exact) mass is 248 g/mol. The van der Waals surface area contributed by atoms with Crippen molar-refractivity contribution in [2.45, 2.75) is 39.2 Å². The van der Waals surface area contributed by atoms with E-state index < -0.39 is 0 Å². The normalized spacial score (nSPS) is 15.2. The van der Waals surface area contributed by atoms with Gasteiger partial charge in [-0.3, -0.25) is 9.59 Å². The maximum Gasteiger partial charge on any atom is 0.250 e. The van der Waals surface area contributed by atoms with Crippen molar-refractivity contribution in [2.75, 3.05) is 6.54 Å². The molecule has 4 nitrogen and oxygen atoms in total. The van der Waals surface area contributed by atoms with E-state index in [2.05, 4.69) is 5.32 Å². The molecule has 1 aromatic heterocycles. The number of carbonyl (C=O) groups excluding carboxylic acids is 1. The van der Waals surface area contributed by atoms with Gasteiger partial charge in [0.05, 0.1) is 0 Å². The summed E-state index contributed by atoms with van der Waals surface area (Å²) >= 11 is 0. The van der Waals surface area contributed by atoms with Gasteiger partial charge in [-0.1, -0.05) is 6.42 Å². The molecule has 0 atom stereocenters.